The third-order valence-corrected chi connectivity index (χ3v) is 5.47. The first-order valence-electron chi connectivity index (χ1n) is 10.4. The van der Waals surface area contributed by atoms with Gasteiger partial charge in [-0.15, -0.1) is 0 Å². The van der Waals surface area contributed by atoms with Gasteiger partial charge in [0.05, 0.1) is 12.3 Å². The summed E-state index contributed by atoms with van der Waals surface area (Å²) in [5.41, 5.74) is 3.29. The molecule has 7 heteroatoms. The Hall–Kier alpha value is -3.58. The smallest absolute Gasteiger partial charge is 0.341 e. The highest BCUT2D eigenvalue weighted by Crippen LogP contribution is 2.43. The molecule has 1 N–H and O–H groups in total. The van der Waals surface area contributed by atoms with Gasteiger partial charge in [-0.2, -0.15) is 0 Å². The average molecular weight is 435 g/mol. The molecule has 1 atom stereocenters. The molecule has 3 aromatic rings. The van der Waals surface area contributed by atoms with Gasteiger partial charge < -0.3 is 23.9 Å². The number of carboxylic acids is 1. The van der Waals surface area contributed by atoms with Gasteiger partial charge in [0.2, 0.25) is 6.23 Å². The molecule has 32 heavy (non-hydrogen) atoms. The zero-order valence-electron chi connectivity index (χ0n) is 18.3. The summed E-state index contributed by atoms with van der Waals surface area (Å²) in [6.07, 6.45) is 1.49. The van der Waals surface area contributed by atoms with Gasteiger partial charge in [0, 0.05) is 49.6 Å². The Bertz CT molecular complexity index is 1210. The number of ether oxygens (including phenoxy) is 3. The van der Waals surface area contributed by atoms with Crippen molar-refractivity contribution >= 4 is 5.97 Å². The molecule has 0 spiro atoms. The maximum atomic E-state index is 12.5. The molecule has 4 rings (SSSR count). The lowest BCUT2D eigenvalue weighted by atomic mass is 10.0. The Labute approximate surface area is 185 Å². The molecule has 2 heterocycles. The van der Waals surface area contributed by atoms with Gasteiger partial charge in [0.1, 0.15) is 17.1 Å². The second kappa shape index (κ2) is 8.88. The summed E-state index contributed by atoms with van der Waals surface area (Å²) in [5.74, 6) is 0.000550. The van der Waals surface area contributed by atoms with Crippen molar-refractivity contribution in [3.05, 3.63) is 81.1 Å². The lowest BCUT2D eigenvalue weighted by Crippen LogP contribution is -2.27. The topological polar surface area (TPSA) is 87.0 Å². The molecule has 1 aliphatic rings. The van der Waals surface area contributed by atoms with E-state index in [0.717, 1.165) is 23.1 Å². The highest BCUT2D eigenvalue weighted by atomic mass is 16.5. The number of benzene rings is 2. The third-order valence-electron chi connectivity index (χ3n) is 5.47. The molecule has 0 saturated heterocycles. The van der Waals surface area contributed by atoms with Crippen LogP contribution in [0.3, 0.4) is 0 Å². The number of rotatable bonds is 7. The SMILES string of the molecule is COCCCOc1cc2c(cc1C)-c1cc(=O)c(C(=O)O)cn1C(c1ccc(C)cc1)O2. The molecule has 1 aliphatic heterocycles. The van der Waals surface area contributed by atoms with E-state index in [2.05, 4.69) is 0 Å². The minimum Gasteiger partial charge on any atom is -0.493 e. The van der Waals surface area contributed by atoms with Crippen LogP contribution < -0.4 is 14.9 Å². The van der Waals surface area contributed by atoms with Crippen molar-refractivity contribution in [1.82, 2.24) is 4.57 Å². The largest absolute Gasteiger partial charge is 0.493 e. The summed E-state index contributed by atoms with van der Waals surface area (Å²) in [6, 6.07) is 12.9. The molecule has 1 unspecified atom stereocenters. The molecule has 0 saturated carbocycles. The maximum absolute atomic E-state index is 12.5. The Morgan fingerprint density at radius 1 is 1.12 bits per heavy atom. The number of carbonyl (C=O) groups is 1. The average Bonchev–Trinajstić information content (AvgIpc) is 2.77. The molecule has 166 valence electrons. The first kappa shape index (κ1) is 21.6. The molecular weight excluding hydrogens is 410 g/mol. The van der Waals surface area contributed by atoms with Crippen LogP contribution >= 0.6 is 0 Å². The fourth-order valence-electron chi connectivity index (χ4n) is 3.76. The van der Waals surface area contributed by atoms with Crippen molar-refractivity contribution < 1.29 is 24.1 Å². The fourth-order valence-corrected chi connectivity index (χ4v) is 3.76. The number of nitrogens with zero attached hydrogens (tertiary/aromatic N) is 1. The lowest BCUT2D eigenvalue weighted by molar-refractivity contribution is 0.0693. The van der Waals surface area contributed by atoms with Crippen LogP contribution in [0, 0.1) is 13.8 Å². The Kier molecular flexibility index (Phi) is 6.01. The summed E-state index contributed by atoms with van der Waals surface area (Å²) in [7, 11) is 1.65. The van der Waals surface area contributed by atoms with Crippen molar-refractivity contribution in [2.75, 3.05) is 20.3 Å². The van der Waals surface area contributed by atoms with Crippen molar-refractivity contribution in [1.29, 1.82) is 0 Å². The normalized spacial score (nSPS) is 14.3. The molecule has 2 aromatic carbocycles. The van der Waals surface area contributed by atoms with Crippen LogP contribution in [0.25, 0.3) is 11.3 Å². The first-order valence-corrected chi connectivity index (χ1v) is 10.4. The predicted octanol–water partition coefficient (Wildman–Crippen LogP) is 4.18. The zero-order valence-corrected chi connectivity index (χ0v) is 18.3. The highest BCUT2D eigenvalue weighted by Gasteiger charge is 2.29. The van der Waals surface area contributed by atoms with Gasteiger partial charge in [0.15, 0.2) is 5.43 Å². The number of pyridine rings is 1. The molecular formula is C25H25NO6. The van der Waals surface area contributed by atoms with Crippen molar-refractivity contribution in [3.8, 4) is 22.8 Å². The van der Waals surface area contributed by atoms with Gasteiger partial charge >= 0.3 is 5.97 Å². The number of carboxylic acid groups (broad SMARTS) is 1. The van der Waals surface area contributed by atoms with Crippen LogP contribution in [0.2, 0.25) is 0 Å². The van der Waals surface area contributed by atoms with E-state index in [9.17, 15) is 14.7 Å². The van der Waals surface area contributed by atoms with E-state index in [4.69, 9.17) is 14.2 Å². The van der Waals surface area contributed by atoms with E-state index in [0.29, 0.717) is 36.0 Å². The van der Waals surface area contributed by atoms with E-state index in [1.165, 1.54) is 12.3 Å². The van der Waals surface area contributed by atoms with Crippen LogP contribution in [0.5, 0.6) is 11.5 Å². The highest BCUT2D eigenvalue weighted by molar-refractivity contribution is 5.88. The standard InChI is InChI=1S/C25H25NO6/c1-15-5-7-17(8-6-15)24-26-14-19(25(28)29)21(27)12-20(26)18-11-16(2)22(13-23(18)32-24)31-10-4-9-30-3/h5-8,11-14,24H,4,9-10H2,1-3H3,(H,28,29). The summed E-state index contributed by atoms with van der Waals surface area (Å²) in [6.45, 7) is 5.03. The number of hydrogen-bond donors (Lipinski definition) is 1. The second-order valence-corrected chi connectivity index (χ2v) is 7.84. The number of fused-ring (bicyclic) bond motifs is 3. The van der Waals surface area contributed by atoms with Crippen molar-refractivity contribution in [3.63, 3.8) is 0 Å². The van der Waals surface area contributed by atoms with Gasteiger partial charge in [0.25, 0.3) is 0 Å². The number of aryl methyl sites for hydroxylation is 2. The van der Waals surface area contributed by atoms with Crippen molar-refractivity contribution in [2.45, 2.75) is 26.5 Å². The number of methoxy groups -OCH3 is 1. The maximum Gasteiger partial charge on any atom is 0.341 e. The number of aromatic nitrogens is 1. The van der Waals surface area contributed by atoms with Crippen LogP contribution in [-0.2, 0) is 4.74 Å². The predicted molar refractivity (Wildman–Crippen MR) is 120 cm³/mol. The second-order valence-electron chi connectivity index (χ2n) is 7.84. The molecule has 0 radical (unpaired) electrons. The lowest BCUT2D eigenvalue weighted by Gasteiger charge is -2.32. The first-order chi connectivity index (χ1) is 15.4. The Morgan fingerprint density at radius 2 is 1.88 bits per heavy atom. The molecule has 0 amide bonds. The van der Waals surface area contributed by atoms with E-state index in [-0.39, 0.29) is 5.56 Å². The Morgan fingerprint density at radius 3 is 2.56 bits per heavy atom. The van der Waals surface area contributed by atoms with Gasteiger partial charge in [-0.1, -0.05) is 29.8 Å². The van der Waals surface area contributed by atoms with Crippen LogP contribution in [0.1, 0.15) is 39.7 Å². The molecule has 1 aromatic heterocycles. The summed E-state index contributed by atoms with van der Waals surface area (Å²) >= 11 is 0. The summed E-state index contributed by atoms with van der Waals surface area (Å²) in [4.78, 5) is 24.1. The van der Waals surface area contributed by atoms with Crippen LogP contribution in [0.4, 0.5) is 0 Å². The quantitative estimate of drug-likeness (QED) is 0.560. The van der Waals surface area contributed by atoms with E-state index < -0.39 is 17.6 Å². The molecule has 0 fully saturated rings. The zero-order chi connectivity index (χ0) is 22.8. The molecule has 7 nitrogen and oxygen atoms in total. The number of hydrogen-bond acceptors (Lipinski definition) is 5. The summed E-state index contributed by atoms with van der Waals surface area (Å²) in [5, 5.41) is 9.48. The number of aromatic carboxylic acids is 1. The molecule has 0 aliphatic carbocycles. The minimum absolute atomic E-state index is 0.298. The van der Waals surface area contributed by atoms with E-state index in [1.807, 2.05) is 50.2 Å². The Balaban J connectivity index is 1.83. The summed E-state index contributed by atoms with van der Waals surface area (Å²) < 4.78 is 19.0. The monoisotopic (exact) mass is 435 g/mol. The molecule has 0 bridgehead atoms. The fraction of sp³-hybridized carbons (Fsp3) is 0.280. The van der Waals surface area contributed by atoms with Crippen LogP contribution in [-0.4, -0.2) is 36.0 Å². The van der Waals surface area contributed by atoms with Crippen LogP contribution in [0.15, 0.2) is 53.5 Å². The van der Waals surface area contributed by atoms with Crippen molar-refractivity contribution in [2.24, 2.45) is 0 Å². The van der Waals surface area contributed by atoms with Gasteiger partial charge in [-0.3, -0.25) is 4.79 Å². The third kappa shape index (κ3) is 4.11. The van der Waals surface area contributed by atoms with E-state index in [1.54, 1.807) is 11.7 Å². The van der Waals surface area contributed by atoms with E-state index >= 15 is 0 Å². The minimum atomic E-state index is -1.27. The van der Waals surface area contributed by atoms with Gasteiger partial charge in [-0.05, 0) is 25.5 Å². The van der Waals surface area contributed by atoms with Gasteiger partial charge in [-0.25, -0.2) is 4.79 Å².